The smallest absolute Gasteiger partial charge is 0.356 e. The minimum absolute atomic E-state index is 0.229. The fraction of sp³-hybridized carbons (Fsp3) is 0. The van der Waals surface area contributed by atoms with Crippen LogP contribution in [0.15, 0.2) is 48.5 Å². The molecular formula is C14H11NO4. The molecule has 0 amide bonds. The van der Waals surface area contributed by atoms with Gasteiger partial charge in [-0.1, -0.05) is 24.3 Å². The molecule has 0 aliphatic heterocycles. The highest BCUT2D eigenvalue weighted by Crippen LogP contribution is 2.20. The van der Waals surface area contributed by atoms with E-state index in [4.69, 9.17) is 11.0 Å². The fourth-order valence-corrected chi connectivity index (χ4v) is 1.67. The van der Waals surface area contributed by atoms with Crippen LogP contribution in [0.4, 0.5) is 0 Å². The van der Waals surface area contributed by atoms with Crippen LogP contribution in [0.1, 0.15) is 20.7 Å². The summed E-state index contributed by atoms with van der Waals surface area (Å²) in [6, 6.07) is 13.1. The Morgan fingerprint density at radius 3 is 1.63 bits per heavy atom. The molecule has 0 atom stereocenters. The SMILES string of the molecule is NOC(=O)c1ccc(-c2ccc(C(=O)O)cc2)cc1. The van der Waals surface area contributed by atoms with Crippen LogP contribution in [-0.4, -0.2) is 17.0 Å². The van der Waals surface area contributed by atoms with Gasteiger partial charge in [0.25, 0.3) is 0 Å². The van der Waals surface area contributed by atoms with E-state index in [0.717, 1.165) is 11.1 Å². The summed E-state index contributed by atoms with van der Waals surface area (Å²) in [7, 11) is 0. The van der Waals surface area contributed by atoms with Crippen molar-refractivity contribution in [2.24, 2.45) is 5.90 Å². The van der Waals surface area contributed by atoms with Crippen molar-refractivity contribution in [2.75, 3.05) is 0 Å². The quantitative estimate of drug-likeness (QED) is 0.821. The average Bonchev–Trinajstić information content (AvgIpc) is 2.46. The highest BCUT2D eigenvalue weighted by molar-refractivity contribution is 5.90. The summed E-state index contributed by atoms with van der Waals surface area (Å²) < 4.78 is 0. The molecule has 0 aliphatic rings. The molecule has 5 heteroatoms. The number of carbonyl (C=O) groups excluding carboxylic acids is 1. The van der Waals surface area contributed by atoms with Crippen molar-refractivity contribution in [3.05, 3.63) is 59.7 Å². The predicted molar refractivity (Wildman–Crippen MR) is 68.4 cm³/mol. The van der Waals surface area contributed by atoms with Crippen LogP contribution in [0.2, 0.25) is 0 Å². The third-order valence-corrected chi connectivity index (χ3v) is 2.69. The van der Waals surface area contributed by atoms with Crippen LogP contribution >= 0.6 is 0 Å². The molecule has 0 unspecified atom stereocenters. The van der Waals surface area contributed by atoms with E-state index in [0.29, 0.717) is 5.56 Å². The van der Waals surface area contributed by atoms with Gasteiger partial charge in [0.05, 0.1) is 11.1 Å². The number of hydrogen-bond acceptors (Lipinski definition) is 4. The Bertz CT molecular complexity index is 602. The Morgan fingerprint density at radius 1 is 0.842 bits per heavy atom. The van der Waals surface area contributed by atoms with Gasteiger partial charge in [0.1, 0.15) is 0 Å². The molecule has 0 aromatic heterocycles. The summed E-state index contributed by atoms with van der Waals surface area (Å²) in [6.45, 7) is 0. The van der Waals surface area contributed by atoms with Gasteiger partial charge in [-0.2, -0.15) is 5.90 Å². The molecule has 0 radical (unpaired) electrons. The van der Waals surface area contributed by atoms with Crippen molar-refractivity contribution in [1.82, 2.24) is 0 Å². The summed E-state index contributed by atoms with van der Waals surface area (Å²) in [6.07, 6.45) is 0. The van der Waals surface area contributed by atoms with Gasteiger partial charge in [0.2, 0.25) is 0 Å². The first-order chi connectivity index (χ1) is 9.11. The second-order valence-electron chi connectivity index (χ2n) is 3.87. The number of carboxylic acid groups (broad SMARTS) is 1. The molecule has 0 fully saturated rings. The summed E-state index contributed by atoms with van der Waals surface area (Å²) in [5, 5.41) is 8.81. The van der Waals surface area contributed by atoms with Gasteiger partial charge in [-0.25, -0.2) is 9.59 Å². The predicted octanol–water partition coefficient (Wildman–Crippen LogP) is 2.08. The monoisotopic (exact) mass is 257 g/mol. The molecule has 0 saturated heterocycles. The molecule has 3 N–H and O–H groups in total. The maximum Gasteiger partial charge on any atom is 0.356 e. The van der Waals surface area contributed by atoms with Crippen LogP contribution in [0.5, 0.6) is 0 Å². The second-order valence-corrected chi connectivity index (χ2v) is 3.87. The van der Waals surface area contributed by atoms with E-state index in [-0.39, 0.29) is 5.56 Å². The molecule has 0 saturated carbocycles. The zero-order chi connectivity index (χ0) is 13.8. The van der Waals surface area contributed by atoms with Gasteiger partial charge in [-0.15, -0.1) is 0 Å². The summed E-state index contributed by atoms with van der Waals surface area (Å²) in [5.74, 6) is 3.22. The maximum atomic E-state index is 11.2. The first-order valence-electron chi connectivity index (χ1n) is 5.46. The highest BCUT2D eigenvalue weighted by atomic mass is 16.7. The summed E-state index contributed by atoms with van der Waals surface area (Å²) in [4.78, 5) is 26.0. The fourth-order valence-electron chi connectivity index (χ4n) is 1.67. The van der Waals surface area contributed by atoms with Crippen molar-refractivity contribution >= 4 is 11.9 Å². The van der Waals surface area contributed by atoms with Gasteiger partial charge >= 0.3 is 11.9 Å². The van der Waals surface area contributed by atoms with Crippen molar-refractivity contribution in [2.45, 2.75) is 0 Å². The van der Waals surface area contributed by atoms with E-state index in [1.54, 1.807) is 36.4 Å². The van der Waals surface area contributed by atoms with Crippen LogP contribution in [0.25, 0.3) is 11.1 Å². The highest BCUT2D eigenvalue weighted by Gasteiger charge is 2.06. The Morgan fingerprint density at radius 2 is 1.26 bits per heavy atom. The van der Waals surface area contributed by atoms with Crippen LogP contribution in [-0.2, 0) is 4.84 Å². The van der Waals surface area contributed by atoms with E-state index < -0.39 is 11.9 Å². The maximum absolute atomic E-state index is 11.2. The lowest BCUT2D eigenvalue weighted by Gasteiger charge is -2.03. The number of carbonyl (C=O) groups is 2. The van der Waals surface area contributed by atoms with E-state index >= 15 is 0 Å². The lowest BCUT2D eigenvalue weighted by atomic mass is 10.0. The number of nitrogens with two attached hydrogens (primary N) is 1. The van der Waals surface area contributed by atoms with E-state index in [1.165, 1.54) is 12.1 Å². The lowest BCUT2D eigenvalue weighted by molar-refractivity contribution is 0.0503. The first kappa shape index (κ1) is 12.8. The molecule has 0 aliphatic carbocycles. The minimum Gasteiger partial charge on any atom is -0.478 e. The molecule has 0 heterocycles. The van der Waals surface area contributed by atoms with Gasteiger partial charge in [-0.3, -0.25) is 0 Å². The van der Waals surface area contributed by atoms with E-state index in [2.05, 4.69) is 4.84 Å². The van der Waals surface area contributed by atoms with Crippen molar-refractivity contribution in [3.8, 4) is 11.1 Å². The third-order valence-electron chi connectivity index (χ3n) is 2.69. The normalized spacial score (nSPS) is 9.95. The topological polar surface area (TPSA) is 89.6 Å². The van der Waals surface area contributed by atoms with Crippen molar-refractivity contribution in [3.63, 3.8) is 0 Å². The molecular weight excluding hydrogens is 246 g/mol. The van der Waals surface area contributed by atoms with Gasteiger partial charge in [0.15, 0.2) is 0 Å². The van der Waals surface area contributed by atoms with Crippen LogP contribution in [0, 0.1) is 0 Å². The van der Waals surface area contributed by atoms with Crippen LogP contribution < -0.4 is 5.90 Å². The van der Waals surface area contributed by atoms with Gasteiger partial charge < -0.3 is 9.94 Å². The standard InChI is InChI=1S/C14H11NO4/c15-19-14(18)12-7-3-10(4-8-12)9-1-5-11(6-2-9)13(16)17/h1-8H,15H2,(H,16,17). The van der Waals surface area contributed by atoms with Crippen LogP contribution in [0.3, 0.4) is 0 Å². The van der Waals surface area contributed by atoms with Crippen molar-refractivity contribution < 1.29 is 19.5 Å². The molecule has 2 aromatic carbocycles. The molecule has 96 valence electrons. The number of carboxylic acids is 1. The molecule has 2 aromatic rings. The summed E-state index contributed by atoms with van der Waals surface area (Å²) >= 11 is 0. The average molecular weight is 257 g/mol. The third kappa shape index (κ3) is 2.78. The number of rotatable bonds is 3. The largest absolute Gasteiger partial charge is 0.478 e. The Balaban J connectivity index is 2.27. The molecule has 0 bridgehead atoms. The molecule has 19 heavy (non-hydrogen) atoms. The second kappa shape index (κ2) is 5.32. The molecule has 2 rings (SSSR count). The van der Waals surface area contributed by atoms with E-state index in [1.807, 2.05) is 0 Å². The Kier molecular flexibility index (Phi) is 3.58. The number of aromatic carboxylic acids is 1. The zero-order valence-electron chi connectivity index (χ0n) is 9.87. The molecule has 0 spiro atoms. The zero-order valence-corrected chi connectivity index (χ0v) is 9.87. The van der Waals surface area contributed by atoms with E-state index in [9.17, 15) is 9.59 Å². The first-order valence-corrected chi connectivity index (χ1v) is 5.46. The van der Waals surface area contributed by atoms with Crippen molar-refractivity contribution in [1.29, 1.82) is 0 Å². The summed E-state index contributed by atoms with van der Waals surface area (Å²) in [5.41, 5.74) is 2.31. The minimum atomic E-state index is -0.965. The number of benzene rings is 2. The number of hydrogen-bond donors (Lipinski definition) is 2. The Labute approximate surface area is 109 Å². The lowest BCUT2D eigenvalue weighted by Crippen LogP contribution is -2.09. The van der Waals surface area contributed by atoms with Gasteiger partial charge in [0, 0.05) is 0 Å². The Hall–Kier alpha value is -2.66. The molecule has 5 nitrogen and oxygen atoms in total. The van der Waals surface area contributed by atoms with Gasteiger partial charge in [-0.05, 0) is 35.4 Å².